The maximum absolute atomic E-state index is 2.48. The van der Waals surface area contributed by atoms with Gasteiger partial charge >= 0.3 is 0 Å². The van der Waals surface area contributed by atoms with E-state index in [1.807, 2.05) is 11.3 Å². The van der Waals surface area contributed by atoms with E-state index in [0.717, 1.165) is 0 Å². The summed E-state index contributed by atoms with van der Waals surface area (Å²) in [5.74, 6) is 0. The Bertz CT molecular complexity index is 2420. The van der Waals surface area contributed by atoms with Gasteiger partial charge in [-0.3, -0.25) is 0 Å². The van der Waals surface area contributed by atoms with Gasteiger partial charge in [0.15, 0.2) is 0 Å². The van der Waals surface area contributed by atoms with Crippen LogP contribution in [0.15, 0.2) is 140 Å². The fourth-order valence-corrected chi connectivity index (χ4v) is 8.10. The van der Waals surface area contributed by atoms with E-state index in [0.29, 0.717) is 0 Å². The summed E-state index contributed by atoms with van der Waals surface area (Å²) in [6.07, 6.45) is 0. The first kappa shape index (κ1) is 22.0. The van der Waals surface area contributed by atoms with Gasteiger partial charge in [-0.15, -0.1) is 11.3 Å². The lowest BCUT2D eigenvalue weighted by molar-refractivity contribution is 1.19. The number of para-hydroxylation sites is 2. The minimum absolute atomic E-state index is 1.19. The lowest BCUT2D eigenvalue weighted by Crippen LogP contribution is -1.93. The standard InChI is InChI=1S/C38H23NS/c1-2-14-25(15-3-1)39-33-23-9-8-19-31(33)34-28-17-6-7-18-29(28)35-32-22-11-21-30(37(32)40-38(35)36(34)39)27-20-10-13-24-12-4-5-16-26(24)27/h1-23H. The number of fused-ring (bicyclic) bond motifs is 11. The third kappa shape index (κ3) is 2.91. The maximum atomic E-state index is 2.48. The van der Waals surface area contributed by atoms with E-state index < -0.39 is 0 Å². The molecule has 0 aliphatic heterocycles. The molecule has 0 aliphatic carbocycles. The van der Waals surface area contributed by atoms with Crippen molar-refractivity contribution in [2.75, 3.05) is 0 Å². The van der Waals surface area contributed by atoms with Gasteiger partial charge in [0.2, 0.25) is 0 Å². The van der Waals surface area contributed by atoms with E-state index in [1.165, 1.54) is 80.3 Å². The number of nitrogens with zero attached hydrogens (tertiary/aromatic N) is 1. The fourth-order valence-electron chi connectivity index (χ4n) is 6.72. The van der Waals surface area contributed by atoms with Crippen LogP contribution in [0, 0.1) is 0 Å². The molecule has 9 aromatic rings. The molecule has 0 spiro atoms. The van der Waals surface area contributed by atoms with Crippen molar-refractivity contribution in [2.24, 2.45) is 0 Å². The van der Waals surface area contributed by atoms with Crippen molar-refractivity contribution in [1.29, 1.82) is 0 Å². The average Bonchev–Trinajstić information content (AvgIpc) is 3.58. The first-order chi connectivity index (χ1) is 19.9. The quantitative estimate of drug-likeness (QED) is 0.211. The molecule has 40 heavy (non-hydrogen) atoms. The molecule has 0 bridgehead atoms. The molecule has 0 N–H and O–H groups in total. The number of rotatable bonds is 2. The van der Waals surface area contributed by atoms with E-state index in [2.05, 4.69) is 144 Å². The predicted octanol–water partition coefficient (Wildman–Crippen LogP) is 11.1. The van der Waals surface area contributed by atoms with Crippen LogP contribution in [0.3, 0.4) is 0 Å². The number of benzene rings is 7. The van der Waals surface area contributed by atoms with Crippen LogP contribution >= 0.6 is 11.3 Å². The Morgan fingerprint density at radius 2 is 1.00 bits per heavy atom. The molecule has 186 valence electrons. The van der Waals surface area contributed by atoms with Crippen molar-refractivity contribution < 1.29 is 0 Å². The average molecular weight is 526 g/mol. The Morgan fingerprint density at radius 3 is 1.85 bits per heavy atom. The number of hydrogen-bond donors (Lipinski definition) is 0. The topological polar surface area (TPSA) is 4.93 Å². The molecule has 9 rings (SSSR count). The largest absolute Gasteiger partial charge is 0.308 e. The highest BCUT2D eigenvalue weighted by Gasteiger charge is 2.22. The second-order valence-electron chi connectivity index (χ2n) is 10.5. The van der Waals surface area contributed by atoms with E-state index >= 15 is 0 Å². The molecule has 2 heteroatoms. The van der Waals surface area contributed by atoms with Crippen LogP contribution in [0.5, 0.6) is 0 Å². The minimum atomic E-state index is 1.19. The molecule has 2 heterocycles. The van der Waals surface area contributed by atoms with Crippen molar-refractivity contribution >= 4 is 74.9 Å². The van der Waals surface area contributed by atoms with Crippen molar-refractivity contribution in [1.82, 2.24) is 4.57 Å². The zero-order valence-electron chi connectivity index (χ0n) is 21.6. The van der Waals surface area contributed by atoms with Crippen molar-refractivity contribution in [2.45, 2.75) is 0 Å². The Morgan fingerprint density at radius 1 is 0.400 bits per heavy atom. The van der Waals surface area contributed by atoms with E-state index in [9.17, 15) is 0 Å². The first-order valence-corrected chi connectivity index (χ1v) is 14.5. The van der Waals surface area contributed by atoms with Crippen molar-refractivity contribution in [3.8, 4) is 16.8 Å². The van der Waals surface area contributed by atoms with Gasteiger partial charge in [-0.25, -0.2) is 0 Å². The molecular formula is C38H23NS. The highest BCUT2D eigenvalue weighted by molar-refractivity contribution is 7.27. The molecule has 0 fully saturated rings. The summed E-state index contributed by atoms with van der Waals surface area (Å²) in [7, 11) is 0. The van der Waals surface area contributed by atoms with Crippen LogP contribution in [0.1, 0.15) is 0 Å². The molecule has 7 aromatic carbocycles. The zero-order chi connectivity index (χ0) is 26.2. The van der Waals surface area contributed by atoms with Crippen LogP contribution in [0.2, 0.25) is 0 Å². The van der Waals surface area contributed by atoms with Gasteiger partial charge in [0.25, 0.3) is 0 Å². The van der Waals surface area contributed by atoms with Gasteiger partial charge in [0.1, 0.15) is 0 Å². The summed E-state index contributed by atoms with van der Waals surface area (Å²) in [4.78, 5) is 0. The molecule has 0 aliphatic rings. The molecule has 0 amide bonds. The van der Waals surface area contributed by atoms with Crippen LogP contribution in [-0.4, -0.2) is 4.57 Å². The summed E-state index contributed by atoms with van der Waals surface area (Å²) in [5, 5.41) is 10.5. The van der Waals surface area contributed by atoms with Crippen LogP contribution < -0.4 is 0 Å². The van der Waals surface area contributed by atoms with Gasteiger partial charge in [0.05, 0.1) is 15.7 Å². The predicted molar refractivity (Wildman–Crippen MR) is 174 cm³/mol. The SMILES string of the molecule is c1ccc(-n2c3ccccc3c3c4ccccc4c4c5cccc(-c6cccc7ccccc67)c5sc4c32)cc1. The molecule has 0 saturated heterocycles. The smallest absolute Gasteiger partial charge is 0.0726 e. The van der Waals surface area contributed by atoms with Crippen LogP contribution in [0.25, 0.3) is 80.3 Å². The van der Waals surface area contributed by atoms with Crippen molar-refractivity contribution in [3.63, 3.8) is 0 Å². The number of thiophene rings is 1. The Kier molecular flexibility index (Phi) is 4.55. The minimum Gasteiger partial charge on any atom is -0.308 e. The third-order valence-corrected chi connectivity index (χ3v) is 9.61. The van der Waals surface area contributed by atoms with Gasteiger partial charge in [-0.1, -0.05) is 121 Å². The zero-order valence-corrected chi connectivity index (χ0v) is 22.5. The third-order valence-electron chi connectivity index (χ3n) is 8.37. The normalized spacial score (nSPS) is 12.0. The molecule has 1 nitrogen and oxygen atoms in total. The second-order valence-corrected chi connectivity index (χ2v) is 11.5. The molecular weight excluding hydrogens is 502 g/mol. The molecule has 0 radical (unpaired) electrons. The second kappa shape index (κ2) is 8.29. The molecule has 0 unspecified atom stereocenters. The highest BCUT2D eigenvalue weighted by atomic mass is 32.1. The summed E-state index contributed by atoms with van der Waals surface area (Å²) in [6, 6.07) is 50.9. The Hall–Kier alpha value is -4.92. The summed E-state index contributed by atoms with van der Waals surface area (Å²) < 4.78 is 5.17. The van der Waals surface area contributed by atoms with E-state index in [4.69, 9.17) is 0 Å². The van der Waals surface area contributed by atoms with Gasteiger partial charge < -0.3 is 4.57 Å². The number of aromatic nitrogens is 1. The summed E-state index contributed by atoms with van der Waals surface area (Å²) in [5.41, 5.74) is 6.32. The lowest BCUT2D eigenvalue weighted by Gasteiger charge is -2.10. The van der Waals surface area contributed by atoms with Gasteiger partial charge in [-0.05, 0) is 45.3 Å². The molecule has 2 aromatic heterocycles. The fraction of sp³-hybridized carbons (Fsp3) is 0. The Labute approximate surface area is 235 Å². The summed E-state index contributed by atoms with van der Waals surface area (Å²) in [6.45, 7) is 0. The van der Waals surface area contributed by atoms with Crippen LogP contribution in [-0.2, 0) is 0 Å². The van der Waals surface area contributed by atoms with Crippen LogP contribution in [0.4, 0.5) is 0 Å². The van der Waals surface area contributed by atoms with Gasteiger partial charge in [0, 0.05) is 37.5 Å². The molecule has 0 saturated carbocycles. The molecule has 0 atom stereocenters. The summed E-state index contributed by atoms with van der Waals surface area (Å²) >= 11 is 1.94. The van der Waals surface area contributed by atoms with E-state index in [1.54, 1.807) is 0 Å². The monoisotopic (exact) mass is 525 g/mol. The van der Waals surface area contributed by atoms with E-state index in [-0.39, 0.29) is 0 Å². The van der Waals surface area contributed by atoms with Gasteiger partial charge in [-0.2, -0.15) is 0 Å². The van der Waals surface area contributed by atoms with Crippen molar-refractivity contribution in [3.05, 3.63) is 140 Å². The first-order valence-electron chi connectivity index (χ1n) is 13.7. The Balaban J connectivity index is 1.54. The highest BCUT2D eigenvalue weighted by Crippen LogP contribution is 2.50. The number of hydrogen-bond acceptors (Lipinski definition) is 1. The maximum Gasteiger partial charge on any atom is 0.0726 e. The lowest BCUT2D eigenvalue weighted by atomic mass is 9.95.